The van der Waals surface area contributed by atoms with E-state index in [0.717, 1.165) is 0 Å². The number of hydrogen-bond donors (Lipinski definition) is 5. The van der Waals surface area contributed by atoms with Gasteiger partial charge in [-0.1, -0.05) is 18.2 Å². The highest BCUT2D eigenvalue weighted by Crippen LogP contribution is 2.48. The van der Waals surface area contributed by atoms with Crippen LogP contribution in [-0.4, -0.2) is 85.7 Å². The number of anilines is 2. The van der Waals surface area contributed by atoms with Crippen molar-refractivity contribution in [2.24, 2.45) is 0 Å². The number of esters is 1. The average molecular weight is 600 g/mol. The molecule has 4 rings (SSSR count). The number of carbonyl (C=O) groups is 1. The Morgan fingerprint density at radius 2 is 2.08 bits per heavy atom. The number of nitrogens with one attached hydrogen (secondary N) is 2. The summed E-state index contributed by atoms with van der Waals surface area (Å²) in [5.41, 5.74) is 6.42. The number of fused-ring (bicyclic) bond motifs is 1. The van der Waals surface area contributed by atoms with E-state index >= 15 is 0 Å². The molecule has 3 heterocycles. The van der Waals surface area contributed by atoms with Crippen LogP contribution in [0.3, 0.4) is 0 Å². The molecule has 3 aromatic rings. The molecule has 40 heavy (non-hydrogen) atoms. The molecule has 0 amide bonds. The fourth-order valence-corrected chi connectivity index (χ4v) is 5.92. The maximum atomic E-state index is 13.8. The first-order chi connectivity index (χ1) is 19.0. The largest absolute Gasteiger partial charge is 0.465 e. The zero-order valence-corrected chi connectivity index (χ0v) is 23.6. The van der Waals surface area contributed by atoms with Crippen LogP contribution in [0.15, 0.2) is 36.7 Å². The minimum atomic E-state index is -4.25. The van der Waals surface area contributed by atoms with Gasteiger partial charge < -0.3 is 35.3 Å². The molecule has 17 heteroatoms. The van der Waals surface area contributed by atoms with Gasteiger partial charge in [-0.15, -0.1) is 11.6 Å². The third-order valence-corrected chi connectivity index (χ3v) is 8.27. The predicted molar refractivity (Wildman–Crippen MR) is 145 cm³/mol. The molecule has 0 spiro atoms. The fraction of sp³-hybridized carbons (Fsp3) is 0.478. The Bertz CT molecular complexity index is 1380. The van der Waals surface area contributed by atoms with E-state index in [1.807, 2.05) is 0 Å². The van der Waals surface area contributed by atoms with E-state index in [-0.39, 0.29) is 24.0 Å². The van der Waals surface area contributed by atoms with Crippen molar-refractivity contribution in [3.05, 3.63) is 36.7 Å². The Labute approximate surface area is 234 Å². The van der Waals surface area contributed by atoms with Crippen LogP contribution in [0, 0.1) is 0 Å². The SMILES string of the molecule is CCOC(=O)C(C)N[P@@](=O)(OC[C@H]1O[C@@H](n2cnc3c(NC)nc(N)nc32)[C@@](Cl)(CO)[C@@H]1O)Oc1ccccc1. The summed E-state index contributed by atoms with van der Waals surface area (Å²) in [5.74, 6) is -0.175. The number of nitrogens with zero attached hydrogens (tertiary/aromatic N) is 4. The lowest BCUT2D eigenvalue weighted by Crippen LogP contribution is -2.45. The molecule has 0 saturated carbocycles. The number of carbonyl (C=O) groups excluding carboxylic acids is 1. The van der Waals surface area contributed by atoms with Crippen LogP contribution >= 0.6 is 19.3 Å². The van der Waals surface area contributed by atoms with Crippen LogP contribution in [0.5, 0.6) is 5.75 Å². The summed E-state index contributed by atoms with van der Waals surface area (Å²) in [7, 11) is -2.62. The van der Waals surface area contributed by atoms with Crippen molar-refractivity contribution in [1.29, 1.82) is 0 Å². The van der Waals surface area contributed by atoms with Gasteiger partial charge >= 0.3 is 13.7 Å². The van der Waals surface area contributed by atoms with Gasteiger partial charge in [0.2, 0.25) is 5.95 Å². The first-order valence-corrected chi connectivity index (χ1v) is 14.2. The highest BCUT2D eigenvalue weighted by atomic mass is 35.5. The molecular weight excluding hydrogens is 569 g/mol. The summed E-state index contributed by atoms with van der Waals surface area (Å²) in [6.07, 6.45) is -2.56. The van der Waals surface area contributed by atoms with E-state index in [4.69, 9.17) is 35.9 Å². The van der Waals surface area contributed by atoms with E-state index in [2.05, 4.69) is 25.4 Å². The highest BCUT2D eigenvalue weighted by molar-refractivity contribution is 7.52. The van der Waals surface area contributed by atoms with Gasteiger partial charge in [-0.25, -0.2) is 9.55 Å². The van der Waals surface area contributed by atoms with Crippen molar-refractivity contribution in [2.45, 2.75) is 43.2 Å². The molecule has 2 aromatic heterocycles. The average Bonchev–Trinajstić information content (AvgIpc) is 3.46. The Morgan fingerprint density at radius 3 is 2.73 bits per heavy atom. The number of halogens is 1. The first-order valence-electron chi connectivity index (χ1n) is 12.3. The van der Waals surface area contributed by atoms with Gasteiger partial charge in [-0.3, -0.25) is 13.9 Å². The van der Waals surface area contributed by atoms with Crippen molar-refractivity contribution in [1.82, 2.24) is 24.6 Å². The summed E-state index contributed by atoms with van der Waals surface area (Å²) in [4.78, 5) is 23.0. The van der Waals surface area contributed by atoms with Gasteiger partial charge in [0.1, 0.15) is 28.9 Å². The number of nitrogens with two attached hydrogens (primary N) is 1. The third kappa shape index (κ3) is 6.00. The third-order valence-electron chi connectivity index (χ3n) is 6.10. The minimum Gasteiger partial charge on any atom is -0.465 e. The number of benzene rings is 1. The molecule has 1 aromatic carbocycles. The maximum absolute atomic E-state index is 13.8. The highest BCUT2D eigenvalue weighted by Gasteiger charge is 2.57. The van der Waals surface area contributed by atoms with Crippen LogP contribution in [0.4, 0.5) is 11.8 Å². The molecular formula is C23H31ClN7O8P. The van der Waals surface area contributed by atoms with Crippen molar-refractivity contribution < 1.29 is 38.1 Å². The van der Waals surface area contributed by atoms with Gasteiger partial charge in [0.25, 0.3) is 0 Å². The second-order valence-corrected chi connectivity index (χ2v) is 11.3. The quantitative estimate of drug-likeness (QED) is 0.113. The summed E-state index contributed by atoms with van der Waals surface area (Å²) in [6, 6.07) is 7.11. The maximum Gasteiger partial charge on any atom is 0.459 e. The Hall–Kier alpha value is -3.04. The number of ether oxygens (including phenoxy) is 2. The second kappa shape index (κ2) is 12.2. The second-order valence-electron chi connectivity index (χ2n) is 8.86. The van der Waals surface area contributed by atoms with Crippen LogP contribution in [0.2, 0.25) is 0 Å². The smallest absolute Gasteiger partial charge is 0.459 e. The van der Waals surface area contributed by atoms with Crippen LogP contribution < -0.4 is 20.7 Å². The van der Waals surface area contributed by atoms with Gasteiger partial charge in [-0.05, 0) is 26.0 Å². The van der Waals surface area contributed by atoms with E-state index in [0.29, 0.717) is 11.3 Å². The zero-order valence-electron chi connectivity index (χ0n) is 21.9. The zero-order chi connectivity index (χ0) is 29.1. The molecule has 0 aliphatic carbocycles. The molecule has 1 aliphatic heterocycles. The van der Waals surface area contributed by atoms with Crippen LogP contribution in [0.25, 0.3) is 11.2 Å². The number of para-hydroxylation sites is 1. The molecule has 1 saturated heterocycles. The van der Waals surface area contributed by atoms with E-state index in [1.54, 1.807) is 44.3 Å². The number of hydrogen-bond acceptors (Lipinski definition) is 13. The Balaban J connectivity index is 1.59. The number of aliphatic hydroxyl groups is 2. The summed E-state index contributed by atoms with van der Waals surface area (Å²) < 4.78 is 37.4. The number of rotatable bonds is 12. The summed E-state index contributed by atoms with van der Waals surface area (Å²) >= 11 is 6.72. The molecule has 0 bridgehead atoms. The van der Waals surface area contributed by atoms with Crippen molar-refractivity contribution in [3.8, 4) is 5.75 Å². The lowest BCUT2D eigenvalue weighted by atomic mass is 9.99. The number of imidazole rings is 1. The Kier molecular flexibility index (Phi) is 9.15. The van der Waals surface area contributed by atoms with Crippen LogP contribution in [0.1, 0.15) is 20.1 Å². The van der Waals surface area contributed by atoms with Crippen molar-refractivity contribution in [3.63, 3.8) is 0 Å². The number of aromatic nitrogens is 4. The Morgan fingerprint density at radius 1 is 1.35 bits per heavy atom. The normalized spacial score (nSPS) is 24.9. The monoisotopic (exact) mass is 599 g/mol. The molecule has 6 N–H and O–H groups in total. The standard InChI is InChI=1S/C23H31ClN7O8P/c1-4-36-20(34)13(2)30-40(35,39-14-8-6-5-7-9-14)37-10-15-17(33)23(24,11-32)21(38-15)31-12-27-16-18(26-3)28-22(25)29-19(16)31/h5-9,12-13,15,17,21,32-33H,4,10-11H2,1-3H3,(H,30,35)(H3,25,26,28,29)/t13?,15-,17-,21-,23-,40-/m1/s1. The van der Waals surface area contributed by atoms with E-state index in [1.165, 1.54) is 17.8 Å². The first kappa shape index (κ1) is 29.9. The molecule has 0 radical (unpaired) electrons. The van der Waals surface area contributed by atoms with E-state index < -0.39 is 56.3 Å². The van der Waals surface area contributed by atoms with Gasteiger partial charge in [0, 0.05) is 7.05 Å². The van der Waals surface area contributed by atoms with Gasteiger partial charge in [-0.2, -0.15) is 15.1 Å². The number of alkyl halides is 1. The number of aliphatic hydroxyl groups excluding tert-OH is 2. The number of nitrogen functional groups attached to an aromatic ring is 1. The van der Waals surface area contributed by atoms with Crippen molar-refractivity contribution in [2.75, 3.05) is 37.9 Å². The molecule has 218 valence electrons. The molecule has 1 aliphatic rings. The molecule has 1 unspecified atom stereocenters. The molecule has 6 atom stereocenters. The van der Waals surface area contributed by atoms with Gasteiger partial charge in [0.05, 0.1) is 26.1 Å². The van der Waals surface area contributed by atoms with Crippen molar-refractivity contribution >= 4 is 48.2 Å². The lowest BCUT2D eigenvalue weighted by molar-refractivity contribution is -0.144. The van der Waals surface area contributed by atoms with Gasteiger partial charge in [0.15, 0.2) is 23.2 Å². The fourth-order valence-electron chi connectivity index (χ4n) is 4.13. The summed E-state index contributed by atoms with van der Waals surface area (Å²) in [5, 5.41) is 26.7. The molecule has 15 nitrogen and oxygen atoms in total. The minimum absolute atomic E-state index is 0.0537. The summed E-state index contributed by atoms with van der Waals surface area (Å²) in [6.45, 7) is 1.97. The lowest BCUT2D eigenvalue weighted by Gasteiger charge is -2.28. The van der Waals surface area contributed by atoms with E-state index in [9.17, 15) is 19.6 Å². The molecule has 1 fully saturated rings. The predicted octanol–water partition coefficient (Wildman–Crippen LogP) is 1.42. The van der Waals surface area contributed by atoms with Crippen LogP contribution in [-0.2, 0) is 23.4 Å². The topological polar surface area (TPSA) is 205 Å².